The fraction of sp³-hybridized carbons (Fsp3) is 0.400. The molecule has 2 aromatic rings. The zero-order chi connectivity index (χ0) is 19.9. The summed E-state index contributed by atoms with van der Waals surface area (Å²) >= 11 is 0. The van der Waals surface area contributed by atoms with E-state index in [1.807, 2.05) is 30.0 Å². The molecule has 3 rings (SSSR count). The highest BCUT2D eigenvalue weighted by Gasteiger charge is 2.24. The first-order valence-electron chi connectivity index (χ1n) is 10.4. The molecule has 4 heteroatoms. The Morgan fingerprint density at radius 2 is 1.55 bits per heavy atom. The van der Waals surface area contributed by atoms with Crippen LogP contribution < -0.4 is 0 Å². The van der Waals surface area contributed by atoms with Crippen LogP contribution in [-0.2, 0) is 11.2 Å². The lowest BCUT2D eigenvalue weighted by atomic mass is 9.95. The molecular weight excluding hydrogens is 380 g/mol. The van der Waals surface area contributed by atoms with Gasteiger partial charge in [-0.3, -0.25) is 4.79 Å². The molecule has 0 bridgehead atoms. The van der Waals surface area contributed by atoms with E-state index in [0.29, 0.717) is 5.92 Å². The number of carbonyl (C=O) groups is 1. The Hall–Kier alpha value is -2.26. The van der Waals surface area contributed by atoms with Crippen molar-refractivity contribution in [2.75, 3.05) is 26.2 Å². The minimum absolute atomic E-state index is 0. The second-order valence-corrected chi connectivity index (χ2v) is 8.15. The predicted octanol–water partition coefficient (Wildman–Crippen LogP) is 5.23. The van der Waals surface area contributed by atoms with Gasteiger partial charge < -0.3 is 9.80 Å². The van der Waals surface area contributed by atoms with Crippen LogP contribution in [0.5, 0.6) is 0 Å². The summed E-state index contributed by atoms with van der Waals surface area (Å²) < 4.78 is 0. The minimum Gasteiger partial charge on any atom is -0.374 e. The number of carbonyl (C=O) groups excluding carboxylic acids is 1. The van der Waals surface area contributed by atoms with Crippen LogP contribution in [0.4, 0.5) is 0 Å². The van der Waals surface area contributed by atoms with Crippen molar-refractivity contribution >= 4 is 24.4 Å². The lowest BCUT2D eigenvalue weighted by molar-refractivity contribution is -0.133. The summed E-state index contributed by atoms with van der Waals surface area (Å²) in [5.74, 6) is 0.806. The molecule has 1 amide bonds. The van der Waals surface area contributed by atoms with Crippen molar-refractivity contribution in [2.45, 2.75) is 33.1 Å². The van der Waals surface area contributed by atoms with Crippen LogP contribution in [0.25, 0.3) is 6.08 Å². The maximum atomic E-state index is 12.9. The van der Waals surface area contributed by atoms with Gasteiger partial charge in [0, 0.05) is 26.2 Å². The molecule has 1 fully saturated rings. The van der Waals surface area contributed by atoms with Crippen LogP contribution in [-0.4, -0.2) is 41.9 Å². The summed E-state index contributed by atoms with van der Waals surface area (Å²) in [6.07, 6.45) is 5.37. The first-order chi connectivity index (χ1) is 13.5. The molecule has 0 spiro atoms. The summed E-state index contributed by atoms with van der Waals surface area (Å²) in [4.78, 5) is 17.2. The van der Waals surface area contributed by atoms with E-state index in [1.165, 1.54) is 11.1 Å². The summed E-state index contributed by atoms with van der Waals surface area (Å²) in [6, 6.07) is 18.9. The van der Waals surface area contributed by atoms with Gasteiger partial charge in [-0.05, 0) is 48.2 Å². The second kappa shape index (κ2) is 11.1. The van der Waals surface area contributed by atoms with E-state index in [2.05, 4.69) is 67.4 Å². The molecular formula is C25H33ClN2O. The van der Waals surface area contributed by atoms with Crippen molar-refractivity contribution in [3.05, 3.63) is 77.5 Å². The molecule has 29 heavy (non-hydrogen) atoms. The summed E-state index contributed by atoms with van der Waals surface area (Å²) in [7, 11) is 0. The predicted molar refractivity (Wildman–Crippen MR) is 124 cm³/mol. The summed E-state index contributed by atoms with van der Waals surface area (Å²) in [5, 5.41) is 0. The Kier molecular flexibility index (Phi) is 8.78. The SMILES string of the molecule is CC(C)Cc1ccc(C(C)C(=O)N2CCN(C=Cc3ccccc3)CC2)cc1.Cl. The molecule has 1 saturated heterocycles. The molecule has 0 radical (unpaired) electrons. The first kappa shape index (κ1) is 23.0. The Balaban J connectivity index is 0.00000300. The van der Waals surface area contributed by atoms with Gasteiger partial charge in [0.05, 0.1) is 5.92 Å². The Morgan fingerprint density at radius 1 is 0.931 bits per heavy atom. The van der Waals surface area contributed by atoms with Crippen molar-refractivity contribution < 1.29 is 4.79 Å². The van der Waals surface area contributed by atoms with Crippen LogP contribution in [0.15, 0.2) is 60.8 Å². The quantitative estimate of drug-likeness (QED) is 0.648. The maximum Gasteiger partial charge on any atom is 0.229 e. The molecule has 2 aromatic carbocycles. The van der Waals surface area contributed by atoms with Gasteiger partial charge in [0.15, 0.2) is 0 Å². The number of amides is 1. The van der Waals surface area contributed by atoms with Crippen molar-refractivity contribution in [1.29, 1.82) is 0 Å². The molecule has 1 aliphatic heterocycles. The third-order valence-electron chi connectivity index (χ3n) is 5.40. The molecule has 0 saturated carbocycles. The first-order valence-corrected chi connectivity index (χ1v) is 10.4. The summed E-state index contributed by atoms with van der Waals surface area (Å²) in [6.45, 7) is 9.83. The number of rotatable bonds is 6. The highest BCUT2D eigenvalue weighted by molar-refractivity contribution is 5.85. The molecule has 1 heterocycles. The van der Waals surface area contributed by atoms with Crippen LogP contribution in [0, 0.1) is 5.92 Å². The highest BCUT2D eigenvalue weighted by atomic mass is 35.5. The maximum absolute atomic E-state index is 12.9. The van der Waals surface area contributed by atoms with Crippen molar-refractivity contribution in [2.24, 2.45) is 5.92 Å². The van der Waals surface area contributed by atoms with Crippen molar-refractivity contribution in [3.8, 4) is 0 Å². The van der Waals surface area contributed by atoms with Gasteiger partial charge in [-0.25, -0.2) is 0 Å². The fourth-order valence-electron chi connectivity index (χ4n) is 3.68. The number of halogens is 1. The number of nitrogens with zero attached hydrogens (tertiary/aromatic N) is 2. The Bertz CT molecular complexity index is 778. The fourth-order valence-corrected chi connectivity index (χ4v) is 3.68. The van der Waals surface area contributed by atoms with Crippen molar-refractivity contribution in [3.63, 3.8) is 0 Å². The largest absolute Gasteiger partial charge is 0.374 e. The van der Waals surface area contributed by atoms with Crippen LogP contribution >= 0.6 is 12.4 Å². The average molecular weight is 413 g/mol. The standard InChI is InChI=1S/C25H32N2O.ClH/c1-20(2)19-23-9-11-24(12-10-23)21(3)25(28)27-17-15-26(16-18-27)14-13-22-7-5-4-6-8-22;/h4-14,20-21H,15-19H2,1-3H3;1H. The van der Waals surface area contributed by atoms with Crippen LogP contribution in [0.2, 0.25) is 0 Å². The topological polar surface area (TPSA) is 23.6 Å². The summed E-state index contributed by atoms with van der Waals surface area (Å²) in [5.41, 5.74) is 3.66. The van der Waals surface area contributed by atoms with E-state index in [-0.39, 0.29) is 24.2 Å². The van der Waals surface area contributed by atoms with Crippen molar-refractivity contribution in [1.82, 2.24) is 9.80 Å². The molecule has 0 aromatic heterocycles. The highest BCUT2D eigenvalue weighted by Crippen LogP contribution is 2.21. The van der Waals surface area contributed by atoms with Crippen LogP contribution in [0.3, 0.4) is 0 Å². The van der Waals surface area contributed by atoms with E-state index >= 15 is 0 Å². The Labute approximate surface area is 181 Å². The average Bonchev–Trinajstić information content (AvgIpc) is 2.72. The smallest absolute Gasteiger partial charge is 0.229 e. The zero-order valence-electron chi connectivity index (χ0n) is 17.8. The molecule has 3 nitrogen and oxygen atoms in total. The third kappa shape index (κ3) is 6.64. The second-order valence-electron chi connectivity index (χ2n) is 8.15. The van der Waals surface area contributed by atoms with Crippen LogP contribution in [0.1, 0.15) is 43.4 Å². The van der Waals surface area contributed by atoms with Gasteiger partial charge in [-0.1, -0.05) is 68.4 Å². The Morgan fingerprint density at radius 3 is 2.14 bits per heavy atom. The number of hydrogen-bond acceptors (Lipinski definition) is 2. The lowest BCUT2D eigenvalue weighted by Crippen LogP contribution is -2.48. The molecule has 1 aliphatic rings. The van der Waals surface area contributed by atoms with Gasteiger partial charge in [-0.15, -0.1) is 12.4 Å². The van der Waals surface area contributed by atoms with E-state index in [4.69, 9.17) is 0 Å². The lowest BCUT2D eigenvalue weighted by Gasteiger charge is -2.35. The zero-order valence-corrected chi connectivity index (χ0v) is 18.6. The minimum atomic E-state index is -0.0838. The molecule has 0 aliphatic carbocycles. The van der Waals surface area contributed by atoms with Gasteiger partial charge in [0.25, 0.3) is 0 Å². The molecule has 0 N–H and O–H groups in total. The van der Waals surface area contributed by atoms with Gasteiger partial charge in [0.2, 0.25) is 5.91 Å². The molecule has 1 atom stereocenters. The van der Waals surface area contributed by atoms with E-state index in [9.17, 15) is 4.79 Å². The van der Waals surface area contributed by atoms with Gasteiger partial charge in [0.1, 0.15) is 0 Å². The van der Waals surface area contributed by atoms with Gasteiger partial charge >= 0.3 is 0 Å². The van der Waals surface area contributed by atoms with Gasteiger partial charge in [-0.2, -0.15) is 0 Å². The molecule has 1 unspecified atom stereocenters. The number of piperazine rings is 1. The van der Waals surface area contributed by atoms with E-state index in [1.54, 1.807) is 0 Å². The number of benzene rings is 2. The molecule has 156 valence electrons. The normalized spacial score (nSPS) is 15.4. The third-order valence-corrected chi connectivity index (χ3v) is 5.40. The van der Waals surface area contributed by atoms with E-state index < -0.39 is 0 Å². The van der Waals surface area contributed by atoms with E-state index in [0.717, 1.165) is 38.2 Å². The monoisotopic (exact) mass is 412 g/mol. The number of hydrogen-bond donors (Lipinski definition) is 0.